The molecule has 2 atom stereocenters. The molecule has 3 aromatic rings. The minimum absolute atomic E-state index is 0.0293. The number of nitrogens with zero attached hydrogens (tertiary/aromatic N) is 5. The first-order valence-corrected chi connectivity index (χ1v) is 14.4. The van der Waals surface area contributed by atoms with Crippen molar-refractivity contribution >= 4 is 90.6 Å². The van der Waals surface area contributed by atoms with Gasteiger partial charge in [0.25, 0.3) is 17.5 Å². The Balaban J connectivity index is 1.36. The summed E-state index contributed by atoms with van der Waals surface area (Å²) in [5.41, 5.74) is 5.32. The summed E-state index contributed by atoms with van der Waals surface area (Å²) in [6.07, 6.45) is 0.583. The van der Waals surface area contributed by atoms with Gasteiger partial charge in [-0.2, -0.15) is 0 Å². The van der Waals surface area contributed by atoms with Gasteiger partial charge in [-0.1, -0.05) is 39.9 Å². The first kappa shape index (κ1) is 28.7. The summed E-state index contributed by atoms with van der Waals surface area (Å²) in [6, 6.07) is 2.49. The number of hydrogen-bond acceptors (Lipinski definition) is 13. The van der Waals surface area contributed by atoms with E-state index in [4.69, 9.17) is 22.2 Å². The Kier molecular flexibility index (Phi) is 8.07. The Hall–Kier alpha value is -3.87. The number of aromatic nitrogens is 2. The molecule has 2 aliphatic rings. The number of non-ortho nitro benzene ring substituents is 1. The van der Waals surface area contributed by atoms with E-state index >= 15 is 0 Å². The van der Waals surface area contributed by atoms with Crippen molar-refractivity contribution in [2.24, 2.45) is 5.16 Å². The Labute approximate surface area is 246 Å². The number of alkyl halides is 1. The normalized spacial score (nSPS) is 18.7. The van der Waals surface area contributed by atoms with E-state index < -0.39 is 53.8 Å². The monoisotopic (exact) mass is 641 g/mol. The number of carbonyl (C=O) groups excluding carboxylic acids is 2. The van der Waals surface area contributed by atoms with Gasteiger partial charge in [-0.3, -0.25) is 24.6 Å². The highest BCUT2D eigenvalue weighted by Gasteiger charge is 2.54. The van der Waals surface area contributed by atoms with Gasteiger partial charge in [0.1, 0.15) is 35.1 Å². The topological polar surface area (TPSA) is 203 Å². The Morgan fingerprint density at radius 1 is 1.39 bits per heavy atom. The minimum Gasteiger partial charge on any atom is -0.477 e. The number of nitrogens with one attached hydrogen (secondary N) is 1. The second-order valence-electron chi connectivity index (χ2n) is 8.47. The van der Waals surface area contributed by atoms with Gasteiger partial charge in [-0.15, -0.1) is 11.3 Å². The molecular weight excluding hydrogens is 625 g/mol. The van der Waals surface area contributed by atoms with Crippen LogP contribution < -0.4 is 11.1 Å². The largest absolute Gasteiger partial charge is 0.477 e. The number of nitro benzene ring substituents is 1. The molecule has 2 amide bonds. The number of benzene rings is 1. The van der Waals surface area contributed by atoms with Gasteiger partial charge in [0.05, 0.1) is 21.2 Å². The number of oxime groups is 1. The molecule has 1 saturated heterocycles. The van der Waals surface area contributed by atoms with E-state index in [0.717, 1.165) is 39.3 Å². The van der Waals surface area contributed by atoms with Gasteiger partial charge in [0.15, 0.2) is 15.2 Å². The number of allylic oxidation sites excluding steroid dienone is 1. The molecule has 4 heterocycles. The number of aliphatic carboxylic acids is 1. The molecule has 19 heteroatoms. The molecule has 0 bridgehead atoms. The van der Waals surface area contributed by atoms with Crippen LogP contribution in [-0.2, 0) is 19.2 Å². The summed E-state index contributed by atoms with van der Waals surface area (Å²) in [4.78, 5) is 63.7. The quantitative estimate of drug-likeness (QED) is 0.0964. The number of carbonyl (C=O) groups is 3. The van der Waals surface area contributed by atoms with E-state index in [1.807, 2.05) is 0 Å². The van der Waals surface area contributed by atoms with Crippen LogP contribution in [-0.4, -0.2) is 73.8 Å². The van der Waals surface area contributed by atoms with Crippen molar-refractivity contribution in [3.63, 3.8) is 0 Å². The van der Waals surface area contributed by atoms with Gasteiger partial charge in [0.2, 0.25) is 0 Å². The molecule has 41 heavy (non-hydrogen) atoms. The summed E-state index contributed by atoms with van der Waals surface area (Å²) in [7, 11) is 0. The van der Waals surface area contributed by atoms with Crippen molar-refractivity contribution < 1.29 is 33.6 Å². The molecule has 0 spiro atoms. The van der Waals surface area contributed by atoms with Gasteiger partial charge < -0.3 is 21.0 Å². The Morgan fingerprint density at radius 2 is 2.17 bits per heavy atom. The number of carboxylic acids is 1. The number of halogens is 2. The predicted octanol–water partition coefficient (Wildman–Crippen LogP) is 3.16. The second kappa shape index (κ2) is 11.6. The van der Waals surface area contributed by atoms with E-state index in [2.05, 4.69) is 20.4 Å². The SMILES string of the molecule is Nc1nc(C(=NOCCF)C(=O)N[C@@H]2C(=O)N3C(C(=O)O)=C(Sc4nc5ccc([N+](=O)[O-])cc5s4)CCC23)c(Cl)s1. The molecule has 1 unspecified atom stereocenters. The number of nitrogens with two attached hydrogens (primary N) is 1. The van der Waals surface area contributed by atoms with Crippen LogP contribution in [0, 0.1) is 10.1 Å². The van der Waals surface area contributed by atoms with Crippen molar-refractivity contribution in [2.75, 3.05) is 19.0 Å². The second-order valence-corrected chi connectivity index (χ2v) is 12.5. The maximum Gasteiger partial charge on any atom is 0.353 e. The van der Waals surface area contributed by atoms with Crippen LogP contribution in [0.15, 0.2) is 38.3 Å². The number of thiazole rings is 2. The molecule has 1 fully saturated rings. The number of rotatable bonds is 10. The zero-order chi connectivity index (χ0) is 29.4. The third kappa shape index (κ3) is 5.54. The maximum absolute atomic E-state index is 13.1. The minimum atomic E-state index is -1.33. The average Bonchev–Trinajstić information content (AvgIpc) is 3.49. The molecule has 14 nitrogen and oxygen atoms in total. The van der Waals surface area contributed by atoms with Gasteiger partial charge >= 0.3 is 5.97 Å². The van der Waals surface area contributed by atoms with Crippen LogP contribution in [0.4, 0.5) is 15.2 Å². The van der Waals surface area contributed by atoms with Crippen molar-refractivity contribution in [2.45, 2.75) is 29.3 Å². The fourth-order valence-electron chi connectivity index (χ4n) is 4.29. The number of amides is 2. The fraction of sp³-hybridized carbons (Fsp3) is 0.273. The smallest absolute Gasteiger partial charge is 0.353 e. The average molecular weight is 642 g/mol. The first-order valence-electron chi connectivity index (χ1n) is 11.6. The molecule has 1 aromatic carbocycles. The first-order chi connectivity index (χ1) is 19.6. The van der Waals surface area contributed by atoms with E-state index in [-0.39, 0.29) is 33.0 Å². The van der Waals surface area contributed by atoms with Crippen LogP contribution in [0.2, 0.25) is 4.34 Å². The zero-order valence-electron chi connectivity index (χ0n) is 20.4. The lowest BCUT2D eigenvalue weighted by atomic mass is 9.86. The summed E-state index contributed by atoms with van der Waals surface area (Å²) >= 11 is 9.22. The summed E-state index contributed by atoms with van der Waals surface area (Å²) < 4.78 is 13.6. The third-order valence-corrected chi connectivity index (χ3v) is 9.33. The molecule has 4 N–H and O–H groups in total. The number of carboxylic acid groups (broad SMARTS) is 1. The van der Waals surface area contributed by atoms with Gasteiger partial charge in [-0.25, -0.2) is 19.2 Å². The summed E-state index contributed by atoms with van der Waals surface area (Å²) in [5, 5.41) is 27.3. The summed E-state index contributed by atoms with van der Waals surface area (Å²) in [5.74, 6) is -2.89. The van der Waals surface area contributed by atoms with Gasteiger partial charge in [-0.05, 0) is 18.9 Å². The number of anilines is 1. The van der Waals surface area contributed by atoms with Crippen LogP contribution in [0.25, 0.3) is 10.2 Å². The molecule has 0 aliphatic carbocycles. The van der Waals surface area contributed by atoms with Crippen LogP contribution in [0.1, 0.15) is 18.5 Å². The summed E-state index contributed by atoms with van der Waals surface area (Å²) in [6.45, 7) is -1.31. The standard InChI is InChI=1S/C22H17ClFN7O7S3/c23-17-14(28-21(25)41-17)15(29-38-6-5-24)18(32)27-13-10-3-4-11(16(20(34)35)30(10)19(13)33)39-22-26-9-2-1-8(31(36)37)7-12(9)40-22/h1-2,7,10,13H,3-6H2,(H2,25,28)(H,27,32)(H,34,35)/t10?,13-/m0/s1. The van der Waals surface area contributed by atoms with Crippen LogP contribution >= 0.6 is 46.0 Å². The lowest BCUT2D eigenvalue weighted by Crippen LogP contribution is -2.72. The number of hydrogen-bond donors (Lipinski definition) is 3. The number of fused-ring (bicyclic) bond motifs is 2. The molecule has 0 radical (unpaired) electrons. The molecular formula is C22H17ClFN7O7S3. The van der Waals surface area contributed by atoms with Crippen molar-refractivity contribution in [3.05, 3.63) is 48.9 Å². The third-order valence-electron chi connectivity index (χ3n) is 6.02. The molecule has 5 rings (SSSR count). The highest BCUT2D eigenvalue weighted by Crippen LogP contribution is 2.45. The number of nitro groups is 1. The molecule has 2 aromatic heterocycles. The van der Waals surface area contributed by atoms with Crippen LogP contribution in [0.5, 0.6) is 0 Å². The number of nitrogen functional groups attached to an aromatic ring is 1. The fourth-order valence-corrected chi connectivity index (χ4v) is 7.55. The highest BCUT2D eigenvalue weighted by molar-refractivity contribution is 8.04. The van der Waals surface area contributed by atoms with E-state index in [9.17, 15) is 34.0 Å². The van der Waals surface area contributed by atoms with Crippen molar-refractivity contribution in [1.82, 2.24) is 20.2 Å². The molecule has 214 valence electrons. The van der Waals surface area contributed by atoms with Crippen molar-refractivity contribution in [1.29, 1.82) is 0 Å². The lowest BCUT2D eigenvalue weighted by Gasteiger charge is -2.50. The van der Waals surface area contributed by atoms with Crippen molar-refractivity contribution in [3.8, 4) is 0 Å². The zero-order valence-corrected chi connectivity index (χ0v) is 23.6. The highest BCUT2D eigenvalue weighted by atomic mass is 35.5. The Morgan fingerprint density at radius 3 is 2.83 bits per heavy atom. The molecule has 0 saturated carbocycles. The van der Waals surface area contributed by atoms with E-state index in [1.165, 1.54) is 18.2 Å². The Bertz CT molecular complexity index is 1660. The lowest BCUT2D eigenvalue weighted by molar-refractivity contribution is -0.384. The van der Waals surface area contributed by atoms with Gasteiger partial charge in [0, 0.05) is 17.0 Å². The number of thioether (sulfide) groups is 1. The predicted molar refractivity (Wildman–Crippen MR) is 149 cm³/mol. The number of β-lactam (4-membered cyclic amide) rings is 1. The maximum atomic E-state index is 13.1. The molecule has 2 aliphatic heterocycles. The van der Waals surface area contributed by atoms with E-state index in [1.54, 1.807) is 0 Å². The van der Waals surface area contributed by atoms with Crippen LogP contribution in [0.3, 0.4) is 0 Å². The van der Waals surface area contributed by atoms with E-state index in [0.29, 0.717) is 25.9 Å².